The van der Waals surface area contributed by atoms with Gasteiger partial charge in [0.05, 0.1) is 33.4 Å². The Labute approximate surface area is 177 Å². The molecule has 0 aliphatic carbocycles. The minimum atomic E-state index is -3.64. The molecule has 0 saturated heterocycles. The number of rotatable bonds is 9. The lowest BCUT2D eigenvalue weighted by atomic mass is 10.2. The Morgan fingerprint density at radius 3 is 2.20 bits per heavy atom. The van der Waals surface area contributed by atoms with Crippen LogP contribution in [0.5, 0.6) is 0 Å². The van der Waals surface area contributed by atoms with Gasteiger partial charge in [0.1, 0.15) is 0 Å². The van der Waals surface area contributed by atoms with Gasteiger partial charge in [-0.15, -0.1) is 0 Å². The average Bonchev–Trinajstić information content (AvgIpc) is 2.66. The Bertz CT molecular complexity index is 1130. The minimum absolute atomic E-state index is 0.0192. The highest BCUT2D eigenvalue weighted by atomic mass is 32.2. The summed E-state index contributed by atoms with van der Waals surface area (Å²) in [5.74, 6) is -0.477. The first-order chi connectivity index (χ1) is 14.0. The number of benzene rings is 2. The zero-order valence-electron chi connectivity index (χ0n) is 17.3. The van der Waals surface area contributed by atoms with Crippen LogP contribution in [0.15, 0.2) is 52.3 Å². The second kappa shape index (κ2) is 9.45. The fraction of sp³-hybridized carbons (Fsp3) is 0.316. The molecule has 3 N–H and O–H groups in total. The molecule has 1 amide bonds. The molecular weight excluding hydrogens is 428 g/mol. The Kier molecular flexibility index (Phi) is 7.45. The average molecular weight is 455 g/mol. The van der Waals surface area contributed by atoms with Gasteiger partial charge < -0.3 is 16.0 Å². The number of hydrogen-bond acceptors (Lipinski definition) is 7. The highest BCUT2D eigenvalue weighted by molar-refractivity contribution is 7.91. The van der Waals surface area contributed by atoms with Gasteiger partial charge in [-0.05, 0) is 37.3 Å². The third-order valence-corrected chi connectivity index (χ3v) is 7.10. The van der Waals surface area contributed by atoms with E-state index in [9.17, 15) is 21.6 Å². The van der Waals surface area contributed by atoms with E-state index >= 15 is 0 Å². The van der Waals surface area contributed by atoms with Gasteiger partial charge in [0.2, 0.25) is 15.9 Å². The Hall–Kier alpha value is -2.63. The maximum atomic E-state index is 12.4. The van der Waals surface area contributed by atoms with Crippen LogP contribution in [0.4, 0.5) is 17.1 Å². The molecule has 0 saturated carbocycles. The summed E-state index contributed by atoms with van der Waals surface area (Å²) in [6, 6.07) is 10.7. The van der Waals surface area contributed by atoms with E-state index in [1.54, 1.807) is 18.2 Å². The first-order valence-corrected chi connectivity index (χ1v) is 12.4. The molecule has 0 aliphatic rings. The van der Waals surface area contributed by atoms with E-state index in [2.05, 4.69) is 16.0 Å². The molecule has 0 heterocycles. The van der Waals surface area contributed by atoms with Crippen molar-refractivity contribution < 1.29 is 21.6 Å². The molecule has 2 aromatic rings. The molecule has 0 fully saturated rings. The molecule has 0 atom stereocenters. The van der Waals surface area contributed by atoms with Crippen molar-refractivity contribution in [2.75, 3.05) is 49.4 Å². The lowest BCUT2D eigenvalue weighted by Gasteiger charge is -2.17. The number of amides is 1. The normalized spacial score (nSPS) is 11.9. The molecule has 0 spiro atoms. The van der Waals surface area contributed by atoms with Crippen LogP contribution in [0.2, 0.25) is 0 Å². The summed E-state index contributed by atoms with van der Waals surface area (Å²) >= 11 is 0. The number of carbonyl (C=O) groups excluding carboxylic acids is 1. The van der Waals surface area contributed by atoms with E-state index in [1.807, 2.05) is 6.92 Å². The van der Waals surface area contributed by atoms with Crippen LogP contribution in [0.25, 0.3) is 0 Å². The molecule has 2 rings (SSSR count). The molecule has 0 bridgehead atoms. The van der Waals surface area contributed by atoms with Crippen LogP contribution in [0.3, 0.4) is 0 Å². The predicted octanol–water partition coefficient (Wildman–Crippen LogP) is 1.82. The maximum Gasteiger partial charge on any atom is 0.243 e. The van der Waals surface area contributed by atoms with E-state index in [1.165, 1.54) is 38.4 Å². The summed E-state index contributed by atoms with van der Waals surface area (Å²) in [6.45, 7) is 2.30. The highest BCUT2D eigenvalue weighted by Gasteiger charge is 2.19. The summed E-state index contributed by atoms with van der Waals surface area (Å²) < 4.78 is 49.7. The summed E-state index contributed by atoms with van der Waals surface area (Å²) in [4.78, 5) is 12.5. The van der Waals surface area contributed by atoms with Crippen molar-refractivity contribution in [2.24, 2.45) is 0 Å². The van der Waals surface area contributed by atoms with Crippen molar-refractivity contribution in [3.05, 3.63) is 42.5 Å². The number of sulfone groups is 1. The minimum Gasteiger partial charge on any atom is -0.384 e. The maximum absolute atomic E-state index is 12.4. The standard InChI is InChI=1S/C19H26N4O5S2/c1-5-20-15-11-10-14(30(27,28)23(2)3)12-17(15)21-13-19(24)22-16-8-6-7-9-18(16)29(4,25)26/h6-12,20-21H,5,13H2,1-4H3,(H,22,24). The van der Waals surface area contributed by atoms with Gasteiger partial charge in [-0.2, -0.15) is 0 Å². The number of para-hydroxylation sites is 1. The van der Waals surface area contributed by atoms with Crippen LogP contribution in [-0.4, -0.2) is 60.5 Å². The van der Waals surface area contributed by atoms with Gasteiger partial charge in [0, 0.05) is 26.9 Å². The van der Waals surface area contributed by atoms with Gasteiger partial charge >= 0.3 is 0 Å². The number of sulfonamides is 1. The van der Waals surface area contributed by atoms with Crippen LogP contribution < -0.4 is 16.0 Å². The summed E-state index contributed by atoms with van der Waals surface area (Å²) in [5, 5.41) is 8.60. The molecule has 2 aromatic carbocycles. The van der Waals surface area contributed by atoms with Crippen LogP contribution in [-0.2, 0) is 24.7 Å². The Morgan fingerprint density at radius 2 is 1.60 bits per heavy atom. The van der Waals surface area contributed by atoms with Crippen LogP contribution in [0, 0.1) is 0 Å². The van der Waals surface area contributed by atoms with E-state index < -0.39 is 25.8 Å². The van der Waals surface area contributed by atoms with Crippen molar-refractivity contribution in [3.63, 3.8) is 0 Å². The number of anilines is 3. The fourth-order valence-corrected chi connectivity index (χ4v) is 4.42. The molecule has 0 radical (unpaired) electrons. The largest absolute Gasteiger partial charge is 0.384 e. The first-order valence-electron chi connectivity index (χ1n) is 9.10. The van der Waals surface area contributed by atoms with Gasteiger partial charge in [-0.25, -0.2) is 21.1 Å². The first kappa shape index (κ1) is 23.6. The number of nitrogens with zero attached hydrogens (tertiary/aromatic N) is 1. The van der Waals surface area contributed by atoms with Crippen molar-refractivity contribution in [1.29, 1.82) is 0 Å². The quantitative estimate of drug-likeness (QED) is 0.528. The van der Waals surface area contributed by atoms with Crippen molar-refractivity contribution in [3.8, 4) is 0 Å². The van der Waals surface area contributed by atoms with E-state index in [-0.39, 0.29) is 22.0 Å². The molecule has 11 heteroatoms. The molecular formula is C19H26N4O5S2. The SMILES string of the molecule is CCNc1ccc(S(=O)(=O)N(C)C)cc1NCC(=O)Nc1ccccc1S(C)(=O)=O. The lowest BCUT2D eigenvalue weighted by Crippen LogP contribution is -2.24. The molecule has 164 valence electrons. The van der Waals surface area contributed by atoms with Crippen LogP contribution in [0.1, 0.15) is 6.92 Å². The second-order valence-corrected chi connectivity index (χ2v) is 10.8. The molecule has 0 aliphatic heterocycles. The fourth-order valence-electron chi connectivity index (χ4n) is 2.65. The van der Waals surface area contributed by atoms with Gasteiger partial charge in [0.25, 0.3) is 0 Å². The lowest BCUT2D eigenvalue weighted by molar-refractivity contribution is -0.114. The third-order valence-electron chi connectivity index (χ3n) is 4.14. The molecule has 0 unspecified atom stereocenters. The third kappa shape index (κ3) is 5.71. The topological polar surface area (TPSA) is 125 Å². The second-order valence-electron chi connectivity index (χ2n) is 6.70. The van der Waals surface area contributed by atoms with Crippen molar-refractivity contribution >= 4 is 42.8 Å². The van der Waals surface area contributed by atoms with E-state index in [0.717, 1.165) is 10.6 Å². The van der Waals surface area contributed by atoms with Crippen LogP contribution >= 0.6 is 0 Å². The zero-order valence-corrected chi connectivity index (χ0v) is 18.9. The highest BCUT2D eigenvalue weighted by Crippen LogP contribution is 2.27. The number of nitrogens with one attached hydrogen (secondary N) is 3. The van der Waals surface area contributed by atoms with Crippen molar-refractivity contribution in [2.45, 2.75) is 16.7 Å². The van der Waals surface area contributed by atoms with Gasteiger partial charge in [0.15, 0.2) is 9.84 Å². The molecule has 30 heavy (non-hydrogen) atoms. The Balaban J connectivity index is 2.23. The number of carbonyl (C=O) groups is 1. The molecule has 0 aromatic heterocycles. The summed E-state index contributed by atoms with van der Waals surface area (Å²) in [6.07, 6.45) is 1.07. The van der Waals surface area contributed by atoms with E-state index in [0.29, 0.717) is 17.9 Å². The number of hydrogen-bond donors (Lipinski definition) is 3. The van der Waals surface area contributed by atoms with Gasteiger partial charge in [-0.3, -0.25) is 4.79 Å². The van der Waals surface area contributed by atoms with Crippen molar-refractivity contribution in [1.82, 2.24) is 4.31 Å². The Morgan fingerprint density at radius 1 is 0.933 bits per heavy atom. The summed E-state index contributed by atoms with van der Waals surface area (Å²) in [7, 11) is -4.27. The monoisotopic (exact) mass is 454 g/mol. The van der Waals surface area contributed by atoms with Gasteiger partial charge in [-0.1, -0.05) is 12.1 Å². The predicted molar refractivity (Wildman–Crippen MR) is 118 cm³/mol. The smallest absolute Gasteiger partial charge is 0.243 e. The zero-order chi connectivity index (χ0) is 22.5. The van der Waals surface area contributed by atoms with E-state index in [4.69, 9.17) is 0 Å². The molecule has 9 nitrogen and oxygen atoms in total. The summed E-state index contributed by atoms with van der Waals surface area (Å²) in [5.41, 5.74) is 1.26.